The Morgan fingerprint density at radius 3 is 0.922 bits per heavy atom. The molecule has 546 valence electrons. The summed E-state index contributed by atoms with van der Waals surface area (Å²) in [4.78, 5) is 0. The second-order valence-corrected chi connectivity index (χ2v) is 33.6. The molecule has 0 unspecified atom stereocenters. The minimum Gasteiger partial charge on any atom is -0.456 e. The molecule has 6 aromatic heterocycles. The molecule has 6 heterocycles. The Bertz CT molecular complexity index is 7910. The zero-order chi connectivity index (χ0) is 76.8. The Morgan fingerprint density at radius 1 is 0.226 bits per heavy atom. The molecule has 0 aliphatic heterocycles. The average molecular weight is 1480 g/mol. The Balaban J connectivity index is 0.0000001000. The molecule has 0 N–H and O–H groups in total. The highest BCUT2D eigenvalue weighted by atomic mass is 19.1. The van der Waals surface area contributed by atoms with Crippen molar-refractivity contribution >= 4 is 153 Å². The summed E-state index contributed by atoms with van der Waals surface area (Å²) in [5.41, 5.74) is 32.9. The van der Waals surface area contributed by atoms with Crippen molar-refractivity contribution in [1.29, 1.82) is 0 Å². The monoisotopic (exact) mass is 1480 g/mol. The van der Waals surface area contributed by atoms with Crippen molar-refractivity contribution in [2.75, 3.05) is 0 Å². The molecular formula is C108H74FN3O3. The van der Waals surface area contributed by atoms with Crippen LogP contribution in [0.25, 0.3) is 203 Å². The van der Waals surface area contributed by atoms with Gasteiger partial charge >= 0.3 is 0 Å². The molecule has 6 nitrogen and oxygen atoms in total. The molecule has 0 amide bonds. The van der Waals surface area contributed by atoms with Crippen molar-refractivity contribution in [3.63, 3.8) is 0 Å². The fourth-order valence-corrected chi connectivity index (χ4v) is 20.6. The van der Waals surface area contributed by atoms with Crippen LogP contribution in [0.5, 0.6) is 0 Å². The Labute approximate surface area is 661 Å². The largest absolute Gasteiger partial charge is 0.456 e. The van der Waals surface area contributed by atoms with E-state index in [4.69, 9.17) is 13.3 Å². The number of fused-ring (bicyclic) bond motifs is 30. The van der Waals surface area contributed by atoms with Crippen LogP contribution >= 0.6 is 0 Å². The predicted octanol–water partition coefficient (Wildman–Crippen LogP) is 29.7. The molecule has 0 saturated heterocycles. The third-order valence-corrected chi connectivity index (χ3v) is 26.3. The lowest BCUT2D eigenvalue weighted by Crippen LogP contribution is -2.15. The maximum absolute atomic E-state index is 13.8. The van der Waals surface area contributed by atoms with Gasteiger partial charge in [0.2, 0.25) is 0 Å². The first kappa shape index (κ1) is 65.7. The zero-order valence-electron chi connectivity index (χ0n) is 64.5. The fourth-order valence-electron chi connectivity index (χ4n) is 20.6. The third-order valence-electron chi connectivity index (χ3n) is 26.3. The van der Waals surface area contributed by atoms with Gasteiger partial charge in [-0.2, -0.15) is 0 Å². The minimum atomic E-state index is -0.228. The highest BCUT2D eigenvalue weighted by Crippen LogP contribution is 2.57. The van der Waals surface area contributed by atoms with Gasteiger partial charge in [-0.3, -0.25) is 0 Å². The van der Waals surface area contributed by atoms with Crippen LogP contribution < -0.4 is 0 Å². The SMILES string of the molecule is CC1(C)c2cc3oc4ccccc4c3cc2-c2cc3c4ccccc4n(-c4cc5ccccc5c5ccccc45)c3cc21.CC1(C)c2cc3oc4ccccc4c3cc2-c2cc3c4ccccc4n(-c4ccc(F)cc4)c3cc21.Cc1ccc(-n2c3ccccc3c3cc4c(cc32)C(C)(C)c2cc3oc5ccccc5c3cc2-4)cc1. The number of halogens is 1. The first-order valence-corrected chi connectivity index (χ1v) is 39.9. The van der Waals surface area contributed by atoms with Crippen LogP contribution in [0.15, 0.2) is 335 Å². The van der Waals surface area contributed by atoms with E-state index in [0.29, 0.717) is 0 Å². The predicted molar refractivity (Wildman–Crippen MR) is 477 cm³/mol. The number of rotatable bonds is 3. The van der Waals surface area contributed by atoms with Gasteiger partial charge in [-0.05, 0) is 242 Å². The van der Waals surface area contributed by atoms with Crippen LogP contribution in [0.2, 0.25) is 0 Å². The molecule has 23 aromatic rings. The minimum absolute atomic E-state index is 0.124. The van der Waals surface area contributed by atoms with Gasteiger partial charge in [0.25, 0.3) is 0 Å². The van der Waals surface area contributed by atoms with E-state index in [1.165, 1.54) is 193 Å². The number of furan rings is 3. The fraction of sp³-hybridized carbons (Fsp3) is 0.0926. The number of benzene rings is 17. The summed E-state index contributed by atoms with van der Waals surface area (Å²) in [5, 5.41) is 19.7. The molecule has 0 spiro atoms. The Kier molecular flexibility index (Phi) is 13.4. The lowest BCUT2D eigenvalue weighted by Gasteiger charge is -2.22. The second-order valence-electron chi connectivity index (χ2n) is 33.6. The van der Waals surface area contributed by atoms with Gasteiger partial charge in [0.05, 0.1) is 38.8 Å². The van der Waals surface area contributed by atoms with Crippen molar-refractivity contribution in [2.24, 2.45) is 0 Å². The Morgan fingerprint density at radius 2 is 0.522 bits per heavy atom. The lowest BCUT2D eigenvalue weighted by atomic mass is 9.82. The van der Waals surface area contributed by atoms with Crippen LogP contribution in [0.4, 0.5) is 4.39 Å². The lowest BCUT2D eigenvalue weighted by molar-refractivity contribution is 0.627. The van der Waals surface area contributed by atoms with Crippen LogP contribution in [0.1, 0.15) is 80.5 Å². The molecular weight excluding hydrogens is 1410 g/mol. The first-order chi connectivity index (χ1) is 56.1. The van der Waals surface area contributed by atoms with E-state index >= 15 is 0 Å². The zero-order valence-corrected chi connectivity index (χ0v) is 64.5. The molecule has 0 bridgehead atoms. The van der Waals surface area contributed by atoms with Crippen molar-refractivity contribution in [3.05, 3.63) is 366 Å². The molecule has 3 aliphatic carbocycles. The van der Waals surface area contributed by atoms with Gasteiger partial charge in [-0.1, -0.05) is 217 Å². The van der Waals surface area contributed by atoms with Gasteiger partial charge in [0.15, 0.2) is 0 Å². The van der Waals surface area contributed by atoms with Crippen LogP contribution in [0, 0.1) is 12.7 Å². The highest BCUT2D eigenvalue weighted by Gasteiger charge is 2.41. The summed E-state index contributed by atoms with van der Waals surface area (Å²) in [6.07, 6.45) is 0. The van der Waals surface area contributed by atoms with Crippen LogP contribution in [-0.2, 0) is 16.2 Å². The number of nitrogens with zero attached hydrogens (tertiary/aromatic N) is 3. The van der Waals surface area contributed by atoms with E-state index in [1.807, 2.05) is 36.4 Å². The van der Waals surface area contributed by atoms with Gasteiger partial charge < -0.3 is 27.0 Å². The van der Waals surface area contributed by atoms with Gasteiger partial charge in [-0.25, -0.2) is 4.39 Å². The smallest absolute Gasteiger partial charge is 0.135 e. The number of hydrogen-bond acceptors (Lipinski definition) is 3. The van der Waals surface area contributed by atoms with Gasteiger partial charge in [0.1, 0.15) is 39.3 Å². The molecule has 0 fully saturated rings. The molecule has 115 heavy (non-hydrogen) atoms. The summed E-state index contributed by atoms with van der Waals surface area (Å²) in [6, 6.07) is 115. The topological polar surface area (TPSA) is 54.2 Å². The molecule has 17 aromatic carbocycles. The first-order valence-electron chi connectivity index (χ1n) is 39.9. The van der Waals surface area contributed by atoms with Crippen molar-refractivity contribution in [2.45, 2.75) is 64.7 Å². The maximum Gasteiger partial charge on any atom is 0.135 e. The van der Waals surface area contributed by atoms with Crippen molar-refractivity contribution in [3.8, 4) is 50.4 Å². The number of aryl methyl sites for hydroxylation is 1. The molecule has 0 atom stereocenters. The standard InChI is InChI=1S/C41H27NO.C34H25NO.C33H22FNO/c1-41(2)34-22-38-32(20-30(34)31-21-33-29-16-8-10-18-39(29)43-40(33)23-35(31)41)28-15-7-9-17-36(28)42(38)37-19-24-11-3-4-12-25(24)26-13-5-6-14-27(26)37;1-20-12-14-21(15-13-20)35-30-10-6-4-8-22(30)26-16-24-25-17-27-23-9-5-7-11-32(23)36-33(27)19-29(25)34(2,3)28(24)18-31(26)35;1-33(2)27-17-30-25(21-7-3-5-9-29(21)35(30)20-13-11-19(34)12-14-20)15-23(27)24-16-26-22-8-4-6-10-31(22)36-32(26)18-28(24)33/h3-23H,1-2H3;4-19H,1-3H3;3-18H,1-2H3. The molecule has 3 aliphatic rings. The number of aromatic nitrogens is 3. The van der Waals surface area contributed by atoms with Crippen LogP contribution in [0.3, 0.4) is 0 Å². The summed E-state index contributed by atoms with van der Waals surface area (Å²) < 4.78 is 39.8. The van der Waals surface area contributed by atoms with Gasteiger partial charge in [0, 0.05) is 97.6 Å². The Hall–Kier alpha value is -14.0. The average Bonchev–Trinajstić information content (AvgIpc) is 1.55. The number of hydrogen-bond donors (Lipinski definition) is 0. The molecule has 0 saturated carbocycles. The normalized spacial score (nSPS) is 14.1. The van der Waals surface area contributed by atoms with E-state index in [1.54, 1.807) is 0 Å². The maximum atomic E-state index is 13.8. The molecule has 26 rings (SSSR count). The highest BCUT2D eigenvalue weighted by molar-refractivity contribution is 6.19. The molecule has 7 heteroatoms. The van der Waals surface area contributed by atoms with Crippen molar-refractivity contribution < 1.29 is 17.6 Å². The van der Waals surface area contributed by atoms with E-state index in [9.17, 15) is 4.39 Å². The van der Waals surface area contributed by atoms with E-state index < -0.39 is 0 Å². The third kappa shape index (κ3) is 9.26. The van der Waals surface area contributed by atoms with Crippen LogP contribution in [-0.4, -0.2) is 13.7 Å². The van der Waals surface area contributed by atoms with Crippen molar-refractivity contribution in [1.82, 2.24) is 13.7 Å². The van der Waals surface area contributed by atoms with E-state index in [-0.39, 0.29) is 22.1 Å². The summed E-state index contributed by atoms with van der Waals surface area (Å²) in [7, 11) is 0. The molecule has 0 radical (unpaired) electrons. The van der Waals surface area contributed by atoms with E-state index in [0.717, 1.165) is 61.0 Å². The second kappa shape index (κ2) is 23.5. The van der Waals surface area contributed by atoms with E-state index in [2.05, 4.69) is 335 Å². The summed E-state index contributed by atoms with van der Waals surface area (Å²) >= 11 is 0. The quantitative estimate of drug-likeness (QED) is 0.166. The number of para-hydroxylation sites is 6. The van der Waals surface area contributed by atoms with Gasteiger partial charge in [-0.15, -0.1) is 0 Å². The summed E-state index contributed by atoms with van der Waals surface area (Å²) in [6.45, 7) is 16.1. The summed E-state index contributed by atoms with van der Waals surface area (Å²) in [5.74, 6) is -0.228.